The van der Waals surface area contributed by atoms with Gasteiger partial charge in [-0.2, -0.15) is 0 Å². The van der Waals surface area contributed by atoms with Gasteiger partial charge in [0.25, 0.3) is 0 Å². The Morgan fingerprint density at radius 1 is 1.25 bits per heavy atom. The van der Waals surface area contributed by atoms with Gasteiger partial charge in [0.05, 0.1) is 0 Å². The van der Waals surface area contributed by atoms with Crippen LogP contribution in [0.3, 0.4) is 0 Å². The molecule has 0 aromatic heterocycles. The molecule has 1 aromatic rings. The maximum Gasteiger partial charge on any atom is 0.107 e. The van der Waals surface area contributed by atoms with Gasteiger partial charge in [0.2, 0.25) is 0 Å². The molecule has 1 aromatic carbocycles. The van der Waals surface area contributed by atoms with Crippen LogP contribution in [0.2, 0.25) is 0 Å². The van der Waals surface area contributed by atoms with Crippen LogP contribution >= 0.6 is 0 Å². The van der Waals surface area contributed by atoms with Crippen molar-refractivity contribution in [2.24, 2.45) is 0 Å². The van der Waals surface area contributed by atoms with Gasteiger partial charge in [-0.15, -0.1) is 0 Å². The highest BCUT2D eigenvalue weighted by molar-refractivity contribution is 5.28. The molecular formula is C11H16N+. The SMILES string of the molecule is C[C@H]([NH3+])c1ccc(C2CC2)cc1. The zero-order valence-electron chi connectivity index (χ0n) is 7.59. The normalized spacial score (nSPS) is 19.2. The highest BCUT2D eigenvalue weighted by Gasteiger charge is 2.23. The molecule has 0 radical (unpaired) electrons. The van der Waals surface area contributed by atoms with Gasteiger partial charge < -0.3 is 5.73 Å². The van der Waals surface area contributed by atoms with Crippen molar-refractivity contribution in [3.63, 3.8) is 0 Å². The highest BCUT2D eigenvalue weighted by atomic mass is 14.6. The summed E-state index contributed by atoms with van der Waals surface area (Å²) in [4.78, 5) is 0. The highest BCUT2D eigenvalue weighted by Crippen LogP contribution is 2.39. The van der Waals surface area contributed by atoms with Gasteiger partial charge >= 0.3 is 0 Å². The molecule has 0 saturated heterocycles. The Hall–Kier alpha value is -0.820. The van der Waals surface area contributed by atoms with Gasteiger partial charge in [0.1, 0.15) is 6.04 Å². The first-order valence-electron chi connectivity index (χ1n) is 4.70. The molecule has 1 aliphatic rings. The van der Waals surface area contributed by atoms with Crippen molar-refractivity contribution in [2.75, 3.05) is 0 Å². The van der Waals surface area contributed by atoms with E-state index >= 15 is 0 Å². The minimum absolute atomic E-state index is 0.415. The first kappa shape index (κ1) is 7.81. The van der Waals surface area contributed by atoms with E-state index in [1.54, 1.807) is 0 Å². The van der Waals surface area contributed by atoms with Crippen LogP contribution < -0.4 is 5.73 Å². The molecule has 1 atom stereocenters. The predicted molar refractivity (Wildman–Crippen MR) is 49.7 cm³/mol. The maximum absolute atomic E-state index is 4.00. The van der Waals surface area contributed by atoms with Gasteiger partial charge in [-0.3, -0.25) is 0 Å². The van der Waals surface area contributed by atoms with Crippen molar-refractivity contribution in [3.05, 3.63) is 35.4 Å². The van der Waals surface area contributed by atoms with Crippen molar-refractivity contribution >= 4 is 0 Å². The van der Waals surface area contributed by atoms with Crippen LogP contribution in [0, 0.1) is 0 Å². The lowest BCUT2D eigenvalue weighted by Crippen LogP contribution is -2.51. The Morgan fingerprint density at radius 2 is 1.83 bits per heavy atom. The molecule has 1 saturated carbocycles. The quantitative estimate of drug-likeness (QED) is 0.687. The van der Waals surface area contributed by atoms with E-state index in [1.165, 1.54) is 24.0 Å². The smallest absolute Gasteiger partial charge is 0.107 e. The third kappa shape index (κ3) is 1.51. The minimum Gasteiger partial charge on any atom is -0.352 e. The van der Waals surface area contributed by atoms with E-state index in [0.717, 1.165) is 5.92 Å². The largest absolute Gasteiger partial charge is 0.352 e. The third-order valence-corrected chi connectivity index (χ3v) is 2.55. The van der Waals surface area contributed by atoms with Gasteiger partial charge in [-0.05, 0) is 31.2 Å². The summed E-state index contributed by atoms with van der Waals surface area (Å²) in [6, 6.07) is 9.36. The Balaban J connectivity index is 2.18. The van der Waals surface area contributed by atoms with Crippen molar-refractivity contribution in [1.29, 1.82) is 0 Å². The van der Waals surface area contributed by atoms with E-state index in [4.69, 9.17) is 0 Å². The maximum atomic E-state index is 4.00. The van der Waals surface area contributed by atoms with Gasteiger partial charge in [0, 0.05) is 5.56 Å². The summed E-state index contributed by atoms with van der Waals surface area (Å²) in [5.41, 5.74) is 6.86. The molecule has 0 spiro atoms. The molecule has 1 nitrogen and oxygen atoms in total. The average molecular weight is 162 g/mol. The lowest BCUT2D eigenvalue weighted by Gasteiger charge is -2.03. The predicted octanol–water partition coefficient (Wildman–Crippen LogP) is 1.87. The summed E-state index contributed by atoms with van der Waals surface area (Å²) >= 11 is 0. The zero-order chi connectivity index (χ0) is 8.55. The van der Waals surface area contributed by atoms with E-state index < -0.39 is 0 Å². The van der Waals surface area contributed by atoms with Crippen LogP contribution in [0.25, 0.3) is 0 Å². The lowest BCUT2D eigenvalue weighted by atomic mass is 10.0. The van der Waals surface area contributed by atoms with E-state index in [9.17, 15) is 0 Å². The van der Waals surface area contributed by atoms with Gasteiger partial charge in [-0.25, -0.2) is 0 Å². The first-order valence-corrected chi connectivity index (χ1v) is 4.70. The molecule has 2 rings (SSSR count). The number of benzene rings is 1. The molecular weight excluding hydrogens is 146 g/mol. The minimum atomic E-state index is 0.415. The second kappa shape index (κ2) is 2.91. The van der Waals surface area contributed by atoms with Crippen LogP contribution in [0.1, 0.15) is 42.9 Å². The van der Waals surface area contributed by atoms with Crippen LogP contribution in [0.15, 0.2) is 24.3 Å². The molecule has 0 amide bonds. The molecule has 0 aliphatic heterocycles. The Labute approximate surface area is 73.6 Å². The van der Waals surface area contributed by atoms with Crippen LogP contribution in [0.4, 0.5) is 0 Å². The first-order chi connectivity index (χ1) is 5.77. The molecule has 1 aliphatic carbocycles. The Bertz CT molecular complexity index is 236. The number of quaternary nitrogens is 1. The molecule has 1 fully saturated rings. The Kier molecular flexibility index (Phi) is 1.89. The standard InChI is InChI=1S/C11H15N/c1-8(12)9-2-4-10(5-3-9)11-6-7-11/h2-5,8,11H,6-7,12H2,1H3/p+1/t8-/m0/s1. The molecule has 64 valence electrons. The van der Waals surface area contributed by atoms with Crippen molar-refractivity contribution < 1.29 is 5.73 Å². The molecule has 0 unspecified atom stereocenters. The average Bonchev–Trinajstić information content (AvgIpc) is 2.87. The van der Waals surface area contributed by atoms with Crippen molar-refractivity contribution in [3.8, 4) is 0 Å². The summed E-state index contributed by atoms with van der Waals surface area (Å²) in [5.74, 6) is 0.874. The topological polar surface area (TPSA) is 27.6 Å². The third-order valence-electron chi connectivity index (χ3n) is 2.55. The van der Waals surface area contributed by atoms with Crippen molar-refractivity contribution in [1.82, 2.24) is 0 Å². The fourth-order valence-electron chi connectivity index (χ4n) is 1.51. The molecule has 0 bridgehead atoms. The summed E-state index contributed by atoms with van der Waals surface area (Å²) in [6.45, 7) is 2.13. The monoisotopic (exact) mass is 162 g/mol. The van der Waals surface area contributed by atoms with E-state index in [1.807, 2.05) is 0 Å². The number of rotatable bonds is 2. The summed E-state index contributed by atoms with van der Waals surface area (Å²) in [7, 11) is 0. The van der Waals surface area contributed by atoms with Crippen LogP contribution in [0.5, 0.6) is 0 Å². The van der Waals surface area contributed by atoms with Gasteiger partial charge in [-0.1, -0.05) is 24.3 Å². The fraction of sp³-hybridized carbons (Fsp3) is 0.455. The second-order valence-corrected chi connectivity index (χ2v) is 3.84. The fourth-order valence-corrected chi connectivity index (χ4v) is 1.51. The van der Waals surface area contributed by atoms with Crippen molar-refractivity contribution in [2.45, 2.75) is 31.7 Å². The van der Waals surface area contributed by atoms with E-state index in [0.29, 0.717) is 6.04 Å². The summed E-state index contributed by atoms with van der Waals surface area (Å²) in [6.07, 6.45) is 2.78. The zero-order valence-corrected chi connectivity index (χ0v) is 7.59. The number of hydrogen-bond donors (Lipinski definition) is 1. The Morgan fingerprint density at radius 3 is 2.25 bits per heavy atom. The molecule has 12 heavy (non-hydrogen) atoms. The van der Waals surface area contributed by atoms with Gasteiger partial charge in [0.15, 0.2) is 0 Å². The second-order valence-electron chi connectivity index (χ2n) is 3.84. The summed E-state index contributed by atoms with van der Waals surface area (Å²) in [5, 5.41) is 0. The van der Waals surface area contributed by atoms with E-state index in [2.05, 4.69) is 36.9 Å². The molecule has 0 heterocycles. The number of hydrogen-bond acceptors (Lipinski definition) is 0. The van der Waals surface area contributed by atoms with Crippen LogP contribution in [-0.4, -0.2) is 0 Å². The molecule has 1 heteroatoms. The van der Waals surface area contributed by atoms with Crippen LogP contribution in [-0.2, 0) is 0 Å². The summed E-state index contributed by atoms with van der Waals surface area (Å²) < 4.78 is 0. The molecule has 3 N–H and O–H groups in total. The lowest BCUT2D eigenvalue weighted by molar-refractivity contribution is -0.420. The van der Waals surface area contributed by atoms with E-state index in [-0.39, 0.29) is 0 Å².